The Morgan fingerprint density at radius 3 is 2.67 bits per heavy atom. The lowest BCUT2D eigenvalue weighted by atomic mass is 10.2. The number of aryl methyl sites for hydroxylation is 1. The number of sulfonamides is 1. The summed E-state index contributed by atoms with van der Waals surface area (Å²) in [5, 5.41) is 8.85. The van der Waals surface area contributed by atoms with Gasteiger partial charge in [0, 0.05) is 6.20 Å². The van der Waals surface area contributed by atoms with Gasteiger partial charge in [0.25, 0.3) is 10.0 Å². The molecule has 0 aliphatic heterocycles. The van der Waals surface area contributed by atoms with Crippen LogP contribution in [-0.4, -0.2) is 24.5 Å². The average molecular weight is 310 g/mol. The highest BCUT2D eigenvalue weighted by Gasteiger charge is 2.22. The second-order valence-electron chi connectivity index (χ2n) is 4.19. The fraction of sp³-hybridized carbons (Fsp3) is 0.0769. The summed E-state index contributed by atoms with van der Waals surface area (Å²) in [5.41, 5.74) is 0.285. The molecule has 0 aliphatic rings. The van der Waals surface area contributed by atoms with Crippen molar-refractivity contribution in [3.05, 3.63) is 53.6 Å². The van der Waals surface area contributed by atoms with Gasteiger partial charge in [-0.3, -0.25) is 9.71 Å². The predicted octanol–water partition coefficient (Wildman–Crippen LogP) is 2.03. The summed E-state index contributed by atoms with van der Waals surface area (Å²) in [4.78, 5) is 14.0. The first kappa shape index (κ1) is 14.9. The molecule has 1 heterocycles. The van der Waals surface area contributed by atoms with Crippen LogP contribution in [0.25, 0.3) is 0 Å². The van der Waals surface area contributed by atoms with Crippen molar-refractivity contribution in [1.82, 2.24) is 4.98 Å². The molecule has 8 heteroatoms. The van der Waals surface area contributed by atoms with Crippen LogP contribution in [0.2, 0.25) is 0 Å². The first-order chi connectivity index (χ1) is 9.81. The van der Waals surface area contributed by atoms with Gasteiger partial charge < -0.3 is 5.11 Å². The minimum absolute atomic E-state index is 0.192. The van der Waals surface area contributed by atoms with E-state index in [9.17, 15) is 17.6 Å². The molecule has 0 saturated carbocycles. The number of hydrogen-bond acceptors (Lipinski definition) is 4. The summed E-state index contributed by atoms with van der Waals surface area (Å²) in [5.74, 6) is -2.38. The Labute approximate surface area is 120 Å². The zero-order valence-corrected chi connectivity index (χ0v) is 11.7. The zero-order chi connectivity index (χ0) is 15.6. The van der Waals surface area contributed by atoms with Gasteiger partial charge in [0.05, 0.1) is 16.9 Å². The van der Waals surface area contributed by atoms with Crippen molar-refractivity contribution >= 4 is 21.7 Å². The Morgan fingerprint density at radius 1 is 1.33 bits per heavy atom. The van der Waals surface area contributed by atoms with E-state index >= 15 is 0 Å². The van der Waals surface area contributed by atoms with Crippen molar-refractivity contribution in [1.29, 1.82) is 0 Å². The maximum atomic E-state index is 13.7. The van der Waals surface area contributed by atoms with Crippen LogP contribution in [0, 0.1) is 12.7 Å². The molecule has 110 valence electrons. The fourth-order valence-electron chi connectivity index (χ4n) is 1.63. The molecule has 0 spiro atoms. The molecule has 0 aliphatic carbocycles. The van der Waals surface area contributed by atoms with E-state index in [0.717, 1.165) is 18.2 Å². The maximum Gasteiger partial charge on any atom is 0.335 e. The van der Waals surface area contributed by atoms with E-state index in [2.05, 4.69) is 9.71 Å². The number of nitrogens with one attached hydrogen (secondary N) is 1. The molecule has 2 rings (SSSR count). The smallest absolute Gasteiger partial charge is 0.335 e. The number of halogens is 1. The van der Waals surface area contributed by atoms with Crippen molar-refractivity contribution < 1.29 is 22.7 Å². The van der Waals surface area contributed by atoms with Crippen LogP contribution in [0.5, 0.6) is 0 Å². The van der Waals surface area contributed by atoms with E-state index in [1.165, 1.54) is 18.3 Å². The fourth-order valence-corrected chi connectivity index (χ4v) is 2.86. The second kappa shape index (κ2) is 5.49. The number of anilines is 1. The lowest BCUT2D eigenvalue weighted by molar-refractivity contribution is 0.0696. The highest BCUT2D eigenvalue weighted by atomic mass is 32.2. The quantitative estimate of drug-likeness (QED) is 0.900. The summed E-state index contributed by atoms with van der Waals surface area (Å²) in [6, 6.07) is 5.56. The largest absolute Gasteiger partial charge is 0.478 e. The standard InChI is InChI=1S/C13H11FN2O4S/c1-8-11(3-2-6-15-8)16-21(19,20)12-7-9(13(17)18)4-5-10(12)14/h2-7,16H,1H3,(H,17,18). The van der Waals surface area contributed by atoms with Gasteiger partial charge in [-0.25, -0.2) is 17.6 Å². The van der Waals surface area contributed by atoms with Crippen molar-refractivity contribution in [3.63, 3.8) is 0 Å². The van der Waals surface area contributed by atoms with E-state index in [1.54, 1.807) is 6.92 Å². The maximum absolute atomic E-state index is 13.7. The Kier molecular flexibility index (Phi) is 3.90. The van der Waals surface area contributed by atoms with Gasteiger partial charge in [0.1, 0.15) is 10.7 Å². The van der Waals surface area contributed by atoms with Gasteiger partial charge in [-0.05, 0) is 37.3 Å². The van der Waals surface area contributed by atoms with Crippen LogP contribution in [0.1, 0.15) is 16.1 Å². The summed E-state index contributed by atoms with van der Waals surface area (Å²) >= 11 is 0. The molecule has 0 unspecified atom stereocenters. The highest BCUT2D eigenvalue weighted by molar-refractivity contribution is 7.92. The SMILES string of the molecule is Cc1ncccc1NS(=O)(=O)c1cc(C(=O)O)ccc1F. The van der Waals surface area contributed by atoms with Crippen molar-refractivity contribution in [2.45, 2.75) is 11.8 Å². The Morgan fingerprint density at radius 2 is 2.05 bits per heavy atom. The molecule has 0 amide bonds. The van der Waals surface area contributed by atoms with E-state index in [4.69, 9.17) is 5.11 Å². The van der Waals surface area contributed by atoms with Crippen molar-refractivity contribution in [2.75, 3.05) is 4.72 Å². The van der Waals surface area contributed by atoms with E-state index in [-0.39, 0.29) is 11.3 Å². The molecular weight excluding hydrogens is 299 g/mol. The number of aromatic nitrogens is 1. The number of carbonyl (C=O) groups is 1. The molecule has 0 bridgehead atoms. The normalized spacial score (nSPS) is 11.1. The summed E-state index contributed by atoms with van der Waals surface area (Å²) in [6.45, 7) is 1.59. The lowest BCUT2D eigenvalue weighted by Crippen LogP contribution is -2.16. The van der Waals surface area contributed by atoms with Crippen LogP contribution in [0.15, 0.2) is 41.4 Å². The summed E-state index contributed by atoms with van der Waals surface area (Å²) < 4.78 is 40.2. The highest BCUT2D eigenvalue weighted by Crippen LogP contribution is 2.21. The third kappa shape index (κ3) is 3.16. The van der Waals surface area contributed by atoms with Gasteiger partial charge in [-0.2, -0.15) is 0 Å². The number of carboxylic acid groups (broad SMARTS) is 1. The van der Waals surface area contributed by atoms with Gasteiger partial charge >= 0.3 is 5.97 Å². The van der Waals surface area contributed by atoms with Crippen LogP contribution in [0.3, 0.4) is 0 Å². The van der Waals surface area contributed by atoms with Gasteiger partial charge in [-0.1, -0.05) is 0 Å². The number of hydrogen-bond donors (Lipinski definition) is 2. The molecule has 6 nitrogen and oxygen atoms in total. The predicted molar refractivity (Wildman–Crippen MR) is 73.1 cm³/mol. The minimum Gasteiger partial charge on any atom is -0.478 e. The molecule has 1 aromatic heterocycles. The van der Waals surface area contributed by atoms with Crippen molar-refractivity contribution in [3.8, 4) is 0 Å². The van der Waals surface area contributed by atoms with Gasteiger partial charge in [0.15, 0.2) is 0 Å². The number of carboxylic acids is 1. The Bertz CT molecular complexity index is 806. The summed E-state index contributed by atoms with van der Waals surface area (Å²) in [7, 11) is -4.25. The van der Waals surface area contributed by atoms with E-state index in [0.29, 0.717) is 5.69 Å². The Hall–Kier alpha value is -2.48. The third-order valence-corrected chi connectivity index (χ3v) is 4.10. The summed E-state index contributed by atoms with van der Waals surface area (Å²) in [6.07, 6.45) is 1.48. The molecular formula is C13H11FN2O4S. The monoisotopic (exact) mass is 310 g/mol. The second-order valence-corrected chi connectivity index (χ2v) is 5.84. The number of aromatic carboxylic acids is 1. The topological polar surface area (TPSA) is 96.4 Å². The molecule has 0 atom stereocenters. The number of rotatable bonds is 4. The van der Waals surface area contributed by atoms with Gasteiger partial charge in [-0.15, -0.1) is 0 Å². The lowest BCUT2D eigenvalue weighted by Gasteiger charge is -2.10. The molecule has 0 fully saturated rings. The van der Waals surface area contributed by atoms with E-state index < -0.39 is 26.7 Å². The first-order valence-electron chi connectivity index (χ1n) is 5.78. The van der Waals surface area contributed by atoms with Crippen LogP contribution >= 0.6 is 0 Å². The van der Waals surface area contributed by atoms with Crippen LogP contribution < -0.4 is 4.72 Å². The first-order valence-corrected chi connectivity index (χ1v) is 7.27. The minimum atomic E-state index is -4.25. The molecule has 2 N–H and O–H groups in total. The molecule has 1 aromatic carbocycles. The van der Waals surface area contributed by atoms with Crippen molar-refractivity contribution in [2.24, 2.45) is 0 Å². The average Bonchev–Trinajstić information content (AvgIpc) is 2.41. The molecule has 0 saturated heterocycles. The third-order valence-electron chi connectivity index (χ3n) is 2.72. The number of benzene rings is 1. The van der Waals surface area contributed by atoms with Crippen LogP contribution in [0.4, 0.5) is 10.1 Å². The van der Waals surface area contributed by atoms with Gasteiger partial charge in [0.2, 0.25) is 0 Å². The van der Waals surface area contributed by atoms with E-state index in [1.807, 2.05) is 0 Å². The number of pyridine rings is 1. The number of nitrogens with zero attached hydrogens (tertiary/aromatic N) is 1. The molecule has 21 heavy (non-hydrogen) atoms. The Balaban J connectivity index is 2.47. The van der Waals surface area contributed by atoms with Crippen LogP contribution in [-0.2, 0) is 10.0 Å². The zero-order valence-electron chi connectivity index (χ0n) is 10.9. The molecule has 0 radical (unpaired) electrons. The molecule has 2 aromatic rings.